The maximum atomic E-state index is 11.1. The normalized spacial score (nSPS) is 19.1. The summed E-state index contributed by atoms with van der Waals surface area (Å²) in [5, 5.41) is 6.12. The number of nitrogens with zero attached hydrogens (tertiary/aromatic N) is 2. The summed E-state index contributed by atoms with van der Waals surface area (Å²) in [5.74, 6) is 1.40. The topological polar surface area (TPSA) is 92.9 Å². The van der Waals surface area contributed by atoms with Gasteiger partial charge in [-0.2, -0.15) is 0 Å². The fourth-order valence-corrected chi connectivity index (χ4v) is 1.98. The highest BCUT2D eigenvalue weighted by molar-refractivity contribution is 5.78. The molecule has 6 nitrogen and oxygen atoms in total. The molecule has 92 valence electrons. The molecule has 1 amide bonds. The lowest BCUT2D eigenvalue weighted by molar-refractivity contribution is -0.119. The van der Waals surface area contributed by atoms with Crippen molar-refractivity contribution in [1.29, 1.82) is 0 Å². The van der Waals surface area contributed by atoms with Gasteiger partial charge in [-0.3, -0.25) is 4.79 Å². The minimum atomic E-state index is 0.120. The van der Waals surface area contributed by atoms with Crippen LogP contribution in [0.3, 0.4) is 0 Å². The van der Waals surface area contributed by atoms with Crippen molar-refractivity contribution in [3.05, 3.63) is 11.9 Å². The lowest BCUT2D eigenvalue weighted by Gasteiger charge is -2.14. The van der Waals surface area contributed by atoms with E-state index in [1.807, 2.05) is 6.92 Å². The molecule has 1 fully saturated rings. The van der Waals surface area contributed by atoms with Crippen molar-refractivity contribution < 1.29 is 4.79 Å². The number of carbonyl (C=O) groups is 1. The Balaban J connectivity index is 1.99. The van der Waals surface area contributed by atoms with Crippen molar-refractivity contribution in [2.24, 2.45) is 0 Å². The molecule has 6 heteroatoms. The second-order valence-electron chi connectivity index (χ2n) is 4.12. The molecule has 2 rings (SSSR count). The van der Waals surface area contributed by atoms with E-state index in [4.69, 9.17) is 5.73 Å². The monoisotopic (exact) mass is 235 g/mol. The Morgan fingerprint density at radius 3 is 3.06 bits per heavy atom. The molecule has 1 aliphatic rings. The average Bonchev–Trinajstić information content (AvgIpc) is 2.72. The maximum absolute atomic E-state index is 11.1. The first kappa shape index (κ1) is 11.6. The van der Waals surface area contributed by atoms with Crippen LogP contribution < -0.4 is 16.4 Å². The largest absolute Gasteiger partial charge is 0.383 e. The summed E-state index contributed by atoms with van der Waals surface area (Å²) in [6.07, 6.45) is 3.71. The van der Waals surface area contributed by atoms with E-state index in [0.29, 0.717) is 18.8 Å². The lowest BCUT2D eigenvalue weighted by atomic mass is 10.2. The number of carbonyl (C=O) groups excluding carboxylic acids is 1. The number of rotatable bonds is 4. The predicted molar refractivity (Wildman–Crippen MR) is 65.5 cm³/mol. The molecule has 0 spiro atoms. The highest BCUT2D eigenvalue weighted by Gasteiger charge is 2.20. The van der Waals surface area contributed by atoms with Crippen LogP contribution >= 0.6 is 0 Å². The number of aromatic nitrogens is 2. The standard InChI is InChI=1S/C11H17N5O/c1-2-8-10(12)14-6-15-11(8)13-5-7-3-4-9(17)16-7/h6-7H,2-5H2,1H3,(H,16,17)(H3,12,13,14,15). The molecule has 1 aromatic rings. The fourth-order valence-electron chi connectivity index (χ4n) is 1.98. The van der Waals surface area contributed by atoms with Crippen LogP contribution in [0.25, 0.3) is 0 Å². The smallest absolute Gasteiger partial charge is 0.220 e. The molecule has 1 unspecified atom stereocenters. The zero-order chi connectivity index (χ0) is 12.3. The molecule has 17 heavy (non-hydrogen) atoms. The van der Waals surface area contributed by atoms with Crippen LogP contribution in [0.4, 0.5) is 11.6 Å². The molecule has 1 saturated heterocycles. The molecule has 0 bridgehead atoms. The van der Waals surface area contributed by atoms with Crippen LogP contribution in [0, 0.1) is 0 Å². The summed E-state index contributed by atoms with van der Waals surface area (Å²) >= 11 is 0. The molecule has 1 aromatic heterocycles. The Bertz CT molecular complexity index is 420. The van der Waals surface area contributed by atoms with Crippen LogP contribution in [0.15, 0.2) is 6.33 Å². The van der Waals surface area contributed by atoms with Crippen LogP contribution in [0.5, 0.6) is 0 Å². The predicted octanol–water partition coefficient (Wildman–Crippen LogP) is 0.312. The second-order valence-corrected chi connectivity index (χ2v) is 4.12. The van der Waals surface area contributed by atoms with E-state index >= 15 is 0 Å². The molecule has 0 aliphatic carbocycles. The minimum Gasteiger partial charge on any atom is -0.383 e. The van der Waals surface area contributed by atoms with Gasteiger partial charge in [0.05, 0.1) is 0 Å². The number of nitrogens with one attached hydrogen (secondary N) is 2. The van der Waals surface area contributed by atoms with Gasteiger partial charge in [-0.1, -0.05) is 6.92 Å². The number of nitrogen functional groups attached to an aromatic ring is 1. The van der Waals surface area contributed by atoms with E-state index in [9.17, 15) is 4.79 Å². The number of amides is 1. The van der Waals surface area contributed by atoms with Crippen LogP contribution in [0.1, 0.15) is 25.3 Å². The number of anilines is 2. The zero-order valence-electron chi connectivity index (χ0n) is 9.86. The quantitative estimate of drug-likeness (QED) is 0.698. The van der Waals surface area contributed by atoms with E-state index in [-0.39, 0.29) is 11.9 Å². The Labute approximate surface area is 100 Å². The van der Waals surface area contributed by atoms with Gasteiger partial charge >= 0.3 is 0 Å². The molecule has 0 saturated carbocycles. The van der Waals surface area contributed by atoms with Crippen molar-refractivity contribution in [3.63, 3.8) is 0 Å². The summed E-state index contributed by atoms with van der Waals surface area (Å²) in [6.45, 7) is 2.69. The summed E-state index contributed by atoms with van der Waals surface area (Å²) in [5.41, 5.74) is 6.70. The highest BCUT2D eigenvalue weighted by Crippen LogP contribution is 2.18. The van der Waals surface area contributed by atoms with Crippen LogP contribution in [-0.2, 0) is 11.2 Å². The van der Waals surface area contributed by atoms with Crippen molar-refractivity contribution in [1.82, 2.24) is 15.3 Å². The molecular weight excluding hydrogens is 218 g/mol. The Hall–Kier alpha value is -1.85. The van der Waals surface area contributed by atoms with E-state index in [0.717, 1.165) is 24.2 Å². The Morgan fingerprint density at radius 1 is 1.59 bits per heavy atom. The third kappa shape index (κ3) is 2.64. The summed E-state index contributed by atoms with van der Waals surface area (Å²) in [4.78, 5) is 19.2. The molecule has 1 atom stereocenters. The first-order valence-corrected chi connectivity index (χ1v) is 5.83. The first-order chi connectivity index (χ1) is 8.20. The molecule has 2 heterocycles. The van der Waals surface area contributed by atoms with Gasteiger partial charge < -0.3 is 16.4 Å². The molecule has 0 radical (unpaired) electrons. The molecule has 4 N–H and O–H groups in total. The summed E-state index contributed by atoms with van der Waals surface area (Å²) < 4.78 is 0. The van der Waals surface area contributed by atoms with Gasteiger partial charge in [0.2, 0.25) is 5.91 Å². The van der Waals surface area contributed by atoms with Gasteiger partial charge in [-0.05, 0) is 12.8 Å². The maximum Gasteiger partial charge on any atom is 0.220 e. The lowest BCUT2D eigenvalue weighted by Crippen LogP contribution is -2.32. The van der Waals surface area contributed by atoms with Crippen molar-refractivity contribution in [2.45, 2.75) is 32.2 Å². The summed E-state index contributed by atoms with van der Waals surface area (Å²) in [7, 11) is 0. The van der Waals surface area contributed by atoms with Gasteiger partial charge in [0, 0.05) is 24.6 Å². The van der Waals surface area contributed by atoms with Crippen molar-refractivity contribution in [3.8, 4) is 0 Å². The second kappa shape index (κ2) is 4.99. The van der Waals surface area contributed by atoms with Crippen molar-refractivity contribution >= 4 is 17.5 Å². The van der Waals surface area contributed by atoms with E-state index in [1.165, 1.54) is 6.33 Å². The number of hydrogen-bond acceptors (Lipinski definition) is 5. The summed E-state index contributed by atoms with van der Waals surface area (Å²) in [6, 6.07) is 0.184. The highest BCUT2D eigenvalue weighted by atomic mass is 16.1. The average molecular weight is 235 g/mol. The first-order valence-electron chi connectivity index (χ1n) is 5.83. The van der Waals surface area contributed by atoms with Gasteiger partial charge in [0.25, 0.3) is 0 Å². The van der Waals surface area contributed by atoms with E-state index in [1.54, 1.807) is 0 Å². The van der Waals surface area contributed by atoms with Gasteiger partial charge in [0.1, 0.15) is 18.0 Å². The van der Waals surface area contributed by atoms with E-state index in [2.05, 4.69) is 20.6 Å². The third-order valence-corrected chi connectivity index (χ3v) is 2.93. The zero-order valence-corrected chi connectivity index (χ0v) is 9.86. The van der Waals surface area contributed by atoms with Gasteiger partial charge in [0.15, 0.2) is 0 Å². The van der Waals surface area contributed by atoms with E-state index < -0.39 is 0 Å². The molecular formula is C11H17N5O. The molecule has 1 aliphatic heterocycles. The number of nitrogens with two attached hydrogens (primary N) is 1. The van der Waals surface area contributed by atoms with Crippen LogP contribution in [0.2, 0.25) is 0 Å². The van der Waals surface area contributed by atoms with Gasteiger partial charge in [-0.15, -0.1) is 0 Å². The minimum absolute atomic E-state index is 0.120. The molecule has 0 aromatic carbocycles. The number of hydrogen-bond donors (Lipinski definition) is 3. The Kier molecular flexibility index (Phi) is 3.41. The van der Waals surface area contributed by atoms with Gasteiger partial charge in [-0.25, -0.2) is 9.97 Å². The fraction of sp³-hybridized carbons (Fsp3) is 0.545. The Morgan fingerprint density at radius 2 is 2.41 bits per heavy atom. The third-order valence-electron chi connectivity index (χ3n) is 2.93. The van der Waals surface area contributed by atoms with Crippen LogP contribution in [-0.4, -0.2) is 28.5 Å². The SMILES string of the molecule is CCc1c(N)ncnc1NCC1CCC(=O)N1. The van der Waals surface area contributed by atoms with Crippen molar-refractivity contribution in [2.75, 3.05) is 17.6 Å².